The molecule has 0 fully saturated rings. The van der Waals surface area contributed by atoms with Crippen LogP contribution in [0.4, 0.5) is 0 Å². The SMILES string of the molecule is C1=NC=NC=C([n+]2ccccc2)C1. The van der Waals surface area contributed by atoms with Crippen LogP contribution in [0.25, 0.3) is 5.70 Å². The second-order valence-electron chi connectivity index (χ2n) is 2.70. The zero-order valence-electron chi connectivity index (χ0n) is 7.17. The first-order valence-electron chi connectivity index (χ1n) is 4.16. The molecule has 2 heterocycles. The summed E-state index contributed by atoms with van der Waals surface area (Å²) in [6.45, 7) is 0. The van der Waals surface area contributed by atoms with Crippen LogP contribution in [-0.2, 0) is 0 Å². The van der Waals surface area contributed by atoms with Gasteiger partial charge in [0.25, 0.3) is 0 Å². The summed E-state index contributed by atoms with van der Waals surface area (Å²) in [6, 6.07) is 5.98. The number of aromatic nitrogens is 1. The second-order valence-corrected chi connectivity index (χ2v) is 2.70. The molecule has 1 aliphatic rings. The summed E-state index contributed by atoms with van der Waals surface area (Å²) in [5.41, 5.74) is 1.12. The Kier molecular flexibility index (Phi) is 2.27. The standard InChI is InChI=1S/C10H10N3/c1-2-6-13(7-3-1)10-4-5-11-9-12-8-10/h1-3,5-9H,4H2/q+1. The molecule has 0 bridgehead atoms. The van der Waals surface area contributed by atoms with E-state index in [0.717, 1.165) is 12.1 Å². The fraction of sp³-hybridized carbons (Fsp3) is 0.100. The van der Waals surface area contributed by atoms with Crippen molar-refractivity contribution in [2.24, 2.45) is 9.98 Å². The minimum atomic E-state index is 0.814. The van der Waals surface area contributed by atoms with Crippen LogP contribution in [0.5, 0.6) is 0 Å². The van der Waals surface area contributed by atoms with Crippen molar-refractivity contribution in [3.8, 4) is 0 Å². The number of allylic oxidation sites excluding steroid dienone is 1. The van der Waals surface area contributed by atoms with E-state index in [9.17, 15) is 0 Å². The topological polar surface area (TPSA) is 28.6 Å². The van der Waals surface area contributed by atoms with Gasteiger partial charge in [0.05, 0.1) is 12.6 Å². The summed E-state index contributed by atoms with van der Waals surface area (Å²) in [7, 11) is 0. The van der Waals surface area contributed by atoms with Crippen molar-refractivity contribution >= 4 is 18.3 Å². The summed E-state index contributed by atoms with van der Waals surface area (Å²) >= 11 is 0. The fourth-order valence-electron chi connectivity index (χ4n) is 1.17. The summed E-state index contributed by atoms with van der Waals surface area (Å²) in [5.74, 6) is 0. The summed E-state index contributed by atoms with van der Waals surface area (Å²) in [4.78, 5) is 7.99. The van der Waals surface area contributed by atoms with E-state index >= 15 is 0 Å². The normalized spacial score (nSPS) is 15.2. The first-order valence-corrected chi connectivity index (χ1v) is 4.16. The molecule has 0 amide bonds. The molecule has 0 saturated heterocycles. The van der Waals surface area contributed by atoms with E-state index in [-0.39, 0.29) is 0 Å². The molecule has 0 atom stereocenters. The average Bonchev–Trinajstić information content (AvgIpc) is 2.47. The largest absolute Gasteiger partial charge is 0.249 e. The molecule has 3 heteroatoms. The van der Waals surface area contributed by atoms with E-state index in [4.69, 9.17) is 0 Å². The van der Waals surface area contributed by atoms with Gasteiger partial charge in [-0.25, -0.2) is 9.98 Å². The third-order valence-corrected chi connectivity index (χ3v) is 1.81. The maximum Gasteiger partial charge on any atom is 0.210 e. The Morgan fingerprint density at radius 1 is 1.08 bits per heavy atom. The first kappa shape index (κ1) is 7.86. The summed E-state index contributed by atoms with van der Waals surface area (Å²) in [6.07, 6.45) is 10.0. The Morgan fingerprint density at radius 3 is 2.77 bits per heavy atom. The van der Waals surface area contributed by atoms with Gasteiger partial charge in [-0.3, -0.25) is 0 Å². The predicted molar refractivity (Wildman–Crippen MR) is 52.5 cm³/mol. The highest BCUT2D eigenvalue weighted by molar-refractivity contribution is 5.79. The first-order chi connectivity index (χ1) is 6.47. The van der Waals surface area contributed by atoms with Gasteiger partial charge in [-0.15, -0.1) is 0 Å². The zero-order valence-corrected chi connectivity index (χ0v) is 7.17. The highest BCUT2D eigenvalue weighted by Gasteiger charge is 2.07. The van der Waals surface area contributed by atoms with Crippen molar-refractivity contribution in [1.29, 1.82) is 0 Å². The van der Waals surface area contributed by atoms with Gasteiger partial charge < -0.3 is 0 Å². The average molecular weight is 172 g/mol. The van der Waals surface area contributed by atoms with Crippen LogP contribution in [0.1, 0.15) is 6.42 Å². The van der Waals surface area contributed by atoms with Crippen molar-refractivity contribution in [1.82, 2.24) is 0 Å². The number of nitrogens with zero attached hydrogens (tertiary/aromatic N) is 3. The van der Waals surface area contributed by atoms with Gasteiger partial charge in [-0.05, 0) is 0 Å². The van der Waals surface area contributed by atoms with Gasteiger partial charge >= 0.3 is 0 Å². The molecular weight excluding hydrogens is 162 g/mol. The molecule has 0 spiro atoms. The van der Waals surface area contributed by atoms with Crippen molar-refractivity contribution in [2.75, 3.05) is 0 Å². The molecule has 0 saturated carbocycles. The lowest BCUT2D eigenvalue weighted by molar-refractivity contribution is -0.582. The second kappa shape index (κ2) is 3.76. The predicted octanol–water partition coefficient (Wildman–Crippen LogP) is 1.28. The molecule has 2 rings (SSSR count). The molecule has 0 N–H and O–H groups in total. The van der Waals surface area contributed by atoms with Crippen molar-refractivity contribution < 1.29 is 4.57 Å². The van der Waals surface area contributed by atoms with Crippen molar-refractivity contribution in [2.45, 2.75) is 6.42 Å². The molecule has 1 aromatic rings. The zero-order chi connectivity index (χ0) is 8.93. The van der Waals surface area contributed by atoms with E-state index in [1.807, 2.05) is 47.6 Å². The highest BCUT2D eigenvalue weighted by atomic mass is 15.0. The van der Waals surface area contributed by atoms with E-state index in [0.29, 0.717) is 0 Å². The van der Waals surface area contributed by atoms with Gasteiger partial charge in [-0.1, -0.05) is 6.07 Å². The number of pyridine rings is 1. The maximum atomic E-state index is 4.02. The minimum Gasteiger partial charge on any atom is -0.249 e. The molecule has 1 aliphatic heterocycles. The Bertz CT molecular complexity index is 363. The van der Waals surface area contributed by atoms with Crippen LogP contribution in [0.15, 0.2) is 46.8 Å². The van der Waals surface area contributed by atoms with Gasteiger partial charge in [0, 0.05) is 18.3 Å². The lowest BCUT2D eigenvalue weighted by Gasteiger charge is -1.94. The van der Waals surface area contributed by atoms with E-state index in [2.05, 4.69) is 9.98 Å². The molecule has 1 aromatic heterocycles. The van der Waals surface area contributed by atoms with Gasteiger partial charge in [0.15, 0.2) is 12.4 Å². The quantitative estimate of drug-likeness (QED) is 0.571. The lowest BCUT2D eigenvalue weighted by atomic mass is 10.3. The van der Waals surface area contributed by atoms with Gasteiger partial charge in [0.1, 0.15) is 6.34 Å². The minimum absolute atomic E-state index is 0.814. The van der Waals surface area contributed by atoms with E-state index in [1.165, 1.54) is 0 Å². The van der Waals surface area contributed by atoms with Crippen LogP contribution in [0.3, 0.4) is 0 Å². The Hall–Kier alpha value is -1.77. The third-order valence-electron chi connectivity index (χ3n) is 1.81. The van der Waals surface area contributed by atoms with Gasteiger partial charge in [0.2, 0.25) is 5.70 Å². The van der Waals surface area contributed by atoms with Crippen LogP contribution >= 0.6 is 0 Å². The van der Waals surface area contributed by atoms with Crippen LogP contribution in [-0.4, -0.2) is 12.6 Å². The monoisotopic (exact) mass is 172 g/mol. The number of aliphatic imine (C=N–C) groups is 2. The Balaban J connectivity index is 2.32. The summed E-state index contributed by atoms with van der Waals surface area (Å²) < 4.78 is 2.04. The molecule has 64 valence electrons. The van der Waals surface area contributed by atoms with Crippen LogP contribution in [0, 0.1) is 0 Å². The van der Waals surface area contributed by atoms with Gasteiger partial charge in [-0.2, -0.15) is 4.57 Å². The maximum absolute atomic E-state index is 4.02. The highest BCUT2D eigenvalue weighted by Crippen LogP contribution is 2.00. The molecular formula is C10H10N3+. The molecule has 13 heavy (non-hydrogen) atoms. The van der Waals surface area contributed by atoms with Crippen molar-refractivity contribution in [3.05, 3.63) is 36.8 Å². The molecule has 0 radical (unpaired) electrons. The van der Waals surface area contributed by atoms with Crippen LogP contribution < -0.4 is 4.57 Å². The van der Waals surface area contributed by atoms with Crippen molar-refractivity contribution in [3.63, 3.8) is 0 Å². The molecule has 0 unspecified atom stereocenters. The number of hydrogen-bond acceptors (Lipinski definition) is 2. The fourth-order valence-corrected chi connectivity index (χ4v) is 1.17. The third kappa shape index (κ3) is 1.87. The number of rotatable bonds is 1. The molecule has 0 aromatic carbocycles. The lowest BCUT2D eigenvalue weighted by Crippen LogP contribution is -2.30. The summed E-state index contributed by atoms with van der Waals surface area (Å²) in [5, 5.41) is 0. The number of hydrogen-bond donors (Lipinski definition) is 0. The van der Waals surface area contributed by atoms with Crippen LogP contribution in [0.2, 0.25) is 0 Å². The molecule has 3 nitrogen and oxygen atoms in total. The smallest absolute Gasteiger partial charge is 0.210 e. The molecule has 0 aliphatic carbocycles. The van der Waals surface area contributed by atoms with E-state index in [1.54, 1.807) is 6.34 Å². The Labute approximate surface area is 76.8 Å². The van der Waals surface area contributed by atoms with E-state index < -0.39 is 0 Å². The Morgan fingerprint density at radius 2 is 1.92 bits per heavy atom.